The molecule has 0 saturated heterocycles. The molecule has 1 heterocycles. The van der Waals surface area contributed by atoms with E-state index in [-0.39, 0.29) is 0 Å². The second-order valence-electron chi connectivity index (χ2n) is 4.21. The van der Waals surface area contributed by atoms with Gasteiger partial charge in [-0.2, -0.15) is 5.26 Å². The fourth-order valence-corrected chi connectivity index (χ4v) is 2.18. The Morgan fingerprint density at radius 2 is 2.00 bits per heavy atom. The third kappa shape index (κ3) is 2.41. The molecule has 2 aromatic rings. The molecule has 2 rings (SSSR count). The molecule has 0 radical (unpaired) electrons. The largest absolute Gasteiger partial charge is 0.496 e. The van der Waals surface area contributed by atoms with Crippen molar-refractivity contribution in [1.29, 1.82) is 5.26 Å². The Bertz CT molecular complexity index is 636. The van der Waals surface area contributed by atoms with Crippen LogP contribution in [0.25, 0.3) is 0 Å². The van der Waals surface area contributed by atoms with E-state index in [1.54, 1.807) is 26.5 Å². The molecule has 0 aliphatic carbocycles. The number of nitriles is 1. The maximum absolute atomic E-state index is 9.47. The van der Waals surface area contributed by atoms with Crippen molar-refractivity contribution in [2.75, 3.05) is 14.2 Å². The monoisotopic (exact) mass is 269 g/mol. The first-order valence-electron chi connectivity index (χ1n) is 6.10. The number of hydrogen-bond acceptors (Lipinski definition) is 5. The minimum absolute atomic E-state index is 0.502. The second kappa shape index (κ2) is 6.02. The molecule has 0 N–H and O–H groups in total. The average Bonchev–Trinajstić information content (AvgIpc) is 2.49. The summed E-state index contributed by atoms with van der Waals surface area (Å²) < 4.78 is 10.7. The molecule has 1 aromatic heterocycles. The van der Waals surface area contributed by atoms with Crippen LogP contribution >= 0.6 is 0 Å². The number of ether oxygens (including phenoxy) is 2. The zero-order valence-electron chi connectivity index (χ0n) is 11.6. The smallest absolute Gasteiger partial charge is 0.130 e. The summed E-state index contributed by atoms with van der Waals surface area (Å²) in [5.74, 6) is 0.872. The summed E-state index contributed by atoms with van der Waals surface area (Å²) in [4.78, 5) is 8.03. The lowest BCUT2D eigenvalue weighted by molar-refractivity contribution is 0.385. The molecule has 1 unspecified atom stereocenters. The van der Waals surface area contributed by atoms with Crippen LogP contribution in [0.1, 0.15) is 22.7 Å². The van der Waals surface area contributed by atoms with E-state index in [9.17, 15) is 5.26 Å². The number of methoxy groups -OCH3 is 2. The van der Waals surface area contributed by atoms with E-state index in [0.717, 1.165) is 16.9 Å². The number of benzene rings is 1. The molecule has 20 heavy (non-hydrogen) atoms. The lowest BCUT2D eigenvalue weighted by Gasteiger charge is -2.17. The summed E-state index contributed by atoms with van der Waals surface area (Å²) in [5.41, 5.74) is 2.28. The van der Waals surface area contributed by atoms with Gasteiger partial charge in [-0.1, -0.05) is 0 Å². The van der Waals surface area contributed by atoms with Crippen LogP contribution in [-0.4, -0.2) is 24.2 Å². The van der Waals surface area contributed by atoms with Crippen LogP contribution in [0.2, 0.25) is 0 Å². The standard InChI is InChI=1S/C15H15N3O2/c1-10-14(19-2)5-4-11(15(10)20-3)12(8-16)13-6-7-17-9-18-13/h4-7,9,12H,1-3H3. The SMILES string of the molecule is COc1ccc(C(C#N)c2ccncn2)c(OC)c1C. The van der Waals surface area contributed by atoms with Gasteiger partial charge in [0, 0.05) is 17.3 Å². The summed E-state index contributed by atoms with van der Waals surface area (Å²) in [5, 5.41) is 9.47. The quantitative estimate of drug-likeness (QED) is 0.852. The summed E-state index contributed by atoms with van der Waals surface area (Å²) >= 11 is 0. The number of hydrogen-bond donors (Lipinski definition) is 0. The summed E-state index contributed by atoms with van der Waals surface area (Å²) in [6, 6.07) is 7.66. The minimum atomic E-state index is -0.502. The van der Waals surface area contributed by atoms with E-state index in [4.69, 9.17) is 9.47 Å². The third-order valence-electron chi connectivity index (χ3n) is 3.15. The van der Waals surface area contributed by atoms with Gasteiger partial charge in [-0.15, -0.1) is 0 Å². The van der Waals surface area contributed by atoms with Gasteiger partial charge in [0.25, 0.3) is 0 Å². The van der Waals surface area contributed by atoms with Gasteiger partial charge < -0.3 is 9.47 Å². The van der Waals surface area contributed by atoms with Gasteiger partial charge >= 0.3 is 0 Å². The summed E-state index contributed by atoms with van der Waals surface area (Å²) in [6.07, 6.45) is 3.05. The Balaban J connectivity index is 2.57. The van der Waals surface area contributed by atoms with E-state index < -0.39 is 5.92 Å². The Morgan fingerprint density at radius 1 is 1.20 bits per heavy atom. The summed E-state index contributed by atoms with van der Waals surface area (Å²) in [6.45, 7) is 1.90. The van der Waals surface area contributed by atoms with Crippen LogP contribution in [0.15, 0.2) is 30.7 Å². The maximum atomic E-state index is 9.47. The lowest BCUT2D eigenvalue weighted by atomic mass is 9.94. The minimum Gasteiger partial charge on any atom is -0.496 e. The number of aromatic nitrogens is 2. The van der Waals surface area contributed by atoms with E-state index in [2.05, 4.69) is 16.0 Å². The molecule has 0 aliphatic heterocycles. The Labute approximate surface area is 117 Å². The van der Waals surface area contributed by atoms with E-state index in [1.807, 2.05) is 19.1 Å². The number of nitrogens with zero attached hydrogens (tertiary/aromatic N) is 3. The molecule has 0 aliphatic rings. The highest BCUT2D eigenvalue weighted by Gasteiger charge is 2.22. The van der Waals surface area contributed by atoms with Gasteiger partial charge in [0.15, 0.2) is 0 Å². The first-order chi connectivity index (χ1) is 9.72. The molecule has 0 fully saturated rings. The van der Waals surface area contributed by atoms with Crippen molar-refractivity contribution in [3.63, 3.8) is 0 Å². The van der Waals surface area contributed by atoms with Crippen LogP contribution in [0, 0.1) is 18.3 Å². The van der Waals surface area contributed by atoms with Gasteiger partial charge in [0.1, 0.15) is 23.7 Å². The molecule has 5 heteroatoms. The van der Waals surface area contributed by atoms with Crippen molar-refractivity contribution < 1.29 is 9.47 Å². The maximum Gasteiger partial charge on any atom is 0.130 e. The average molecular weight is 269 g/mol. The van der Waals surface area contributed by atoms with E-state index in [0.29, 0.717) is 11.4 Å². The molecule has 0 amide bonds. The van der Waals surface area contributed by atoms with E-state index >= 15 is 0 Å². The summed E-state index contributed by atoms with van der Waals surface area (Å²) in [7, 11) is 3.19. The van der Waals surface area contributed by atoms with Crippen LogP contribution in [0.5, 0.6) is 11.5 Å². The van der Waals surface area contributed by atoms with Crippen LogP contribution in [0.4, 0.5) is 0 Å². The molecular formula is C15H15N3O2. The molecule has 0 bridgehead atoms. The van der Waals surface area contributed by atoms with Crippen molar-refractivity contribution >= 4 is 0 Å². The molecule has 102 valence electrons. The Morgan fingerprint density at radius 3 is 2.55 bits per heavy atom. The van der Waals surface area contributed by atoms with Crippen molar-refractivity contribution in [2.45, 2.75) is 12.8 Å². The Kier molecular flexibility index (Phi) is 4.16. The van der Waals surface area contributed by atoms with Gasteiger partial charge in [-0.25, -0.2) is 9.97 Å². The fraction of sp³-hybridized carbons (Fsp3) is 0.267. The van der Waals surface area contributed by atoms with E-state index in [1.165, 1.54) is 6.33 Å². The molecule has 1 aromatic carbocycles. The normalized spacial score (nSPS) is 11.5. The predicted molar refractivity (Wildman–Crippen MR) is 73.8 cm³/mol. The van der Waals surface area contributed by atoms with Gasteiger partial charge in [-0.05, 0) is 25.1 Å². The van der Waals surface area contributed by atoms with Crippen LogP contribution in [0.3, 0.4) is 0 Å². The zero-order chi connectivity index (χ0) is 14.5. The highest BCUT2D eigenvalue weighted by Crippen LogP contribution is 2.37. The van der Waals surface area contributed by atoms with Gasteiger partial charge in [-0.3, -0.25) is 0 Å². The highest BCUT2D eigenvalue weighted by molar-refractivity contribution is 5.53. The fourth-order valence-electron chi connectivity index (χ4n) is 2.18. The number of rotatable bonds is 4. The molecular weight excluding hydrogens is 254 g/mol. The van der Waals surface area contributed by atoms with Crippen molar-refractivity contribution in [2.24, 2.45) is 0 Å². The van der Waals surface area contributed by atoms with Gasteiger partial charge in [0.05, 0.1) is 26.0 Å². The van der Waals surface area contributed by atoms with Crippen molar-refractivity contribution in [3.8, 4) is 17.6 Å². The first kappa shape index (κ1) is 13.8. The topological polar surface area (TPSA) is 68.0 Å². The predicted octanol–water partition coefficient (Wildman–Crippen LogP) is 2.46. The molecule has 0 spiro atoms. The van der Waals surface area contributed by atoms with Crippen LogP contribution < -0.4 is 9.47 Å². The molecule has 0 saturated carbocycles. The van der Waals surface area contributed by atoms with Gasteiger partial charge in [0.2, 0.25) is 0 Å². The van der Waals surface area contributed by atoms with Crippen LogP contribution in [-0.2, 0) is 0 Å². The molecule has 5 nitrogen and oxygen atoms in total. The highest BCUT2D eigenvalue weighted by atomic mass is 16.5. The Hall–Kier alpha value is -2.61. The first-order valence-corrected chi connectivity index (χ1v) is 6.10. The van der Waals surface area contributed by atoms with Crippen molar-refractivity contribution in [3.05, 3.63) is 47.5 Å². The van der Waals surface area contributed by atoms with Crippen molar-refractivity contribution in [1.82, 2.24) is 9.97 Å². The molecule has 1 atom stereocenters. The second-order valence-corrected chi connectivity index (χ2v) is 4.21. The third-order valence-corrected chi connectivity index (χ3v) is 3.15. The lowest BCUT2D eigenvalue weighted by Crippen LogP contribution is -2.05. The zero-order valence-corrected chi connectivity index (χ0v) is 11.6.